The maximum Gasteiger partial charge on any atom is 0.384 e. The molecule has 0 aromatic carbocycles. The molecule has 0 saturated heterocycles. The third kappa shape index (κ3) is 4.73. The van der Waals surface area contributed by atoms with E-state index in [0.29, 0.717) is 0 Å². The van der Waals surface area contributed by atoms with E-state index in [9.17, 15) is 87.8 Å². The first-order valence-corrected chi connectivity index (χ1v) is 7.39. The van der Waals surface area contributed by atoms with Crippen molar-refractivity contribution in [1.82, 2.24) is 5.32 Å². The molecule has 0 unspecified atom stereocenters. The first-order valence-electron chi connectivity index (χ1n) is 7.39. The molecule has 0 aliphatic rings. The Balaban J connectivity index is 5.85. The second kappa shape index (κ2) is 8.65. The third-order valence-electron chi connectivity index (χ3n) is 3.79. The van der Waals surface area contributed by atoms with Crippen molar-refractivity contribution >= 4 is 0 Å². The summed E-state index contributed by atoms with van der Waals surface area (Å²) in [6.07, 6.45) is -11.3. The number of halogens is 20. The minimum absolute atomic E-state index is 0.0221. The Hall–Kier alpha value is -1.44. The van der Waals surface area contributed by atoms with Gasteiger partial charge in [-0.1, -0.05) is 0 Å². The Bertz CT molecular complexity index is 666. The zero-order chi connectivity index (χ0) is 27.3. The van der Waals surface area contributed by atoms with Gasteiger partial charge in [0.2, 0.25) is 0 Å². The molecule has 0 aliphatic carbocycles. The molecule has 0 aliphatic heterocycles. The molecular formula is C12H7F20N. The summed E-state index contributed by atoms with van der Waals surface area (Å²) in [7, 11) is 0. The number of alkyl halides is 20. The van der Waals surface area contributed by atoms with Gasteiger partial charge >= 0.3 is 60.2 Å². The van der Waals surface area contributed by atoms with Crippen LogP contribution in [0.3, 0.4) is 0 Å². The van der Waals surface area contributed by atoms with Crippen LogP contribution in [0.5, 0.6) is 0 Å². The fraction of sp³-hybridized carbons (Fsp3) is 1.00. The summed E-state index contributed by atoms with van der Waals surface area (Å²) in [5.41, 5.74) is 0. The lowest BCUT2D eigenvalue weighted by molar-refractivity contribution is -0.411. The molecule has 0 heterocycles. The van der Waals surface area contributed by atoms with Crippen LogP contribution in [0, 0.1) is 0 Å². The standard InChI is InChI=1S/C12H7F20N/c13-3(14)7(21,22)9(25,26)5(17,18)1-33-2-6(19,20)10(27,28)12(31,32)11(29,30)8(23,24)4(15)16/h3-4,33H,1-2H2. The van der Waals surface area contributed by atoms with Crippen LogP contribution >= 0.6 is 0 Å². The lowest BCUT2D eigenvalue weighted by atomic mass is 9.94. The van der Waals surface area contributed by atoms with Gasteiger partial charge in [0.15, 0.2) is 0 Å². The minimum atomic E-state index is -8.06. The lowest BCUT2D eigenvalue weighted by Crippen LogP contribution is -2.70. The average molecular weight is 545 g/mol. The van der Waals surface area contributed by atoms with Crippen LogP contribution in [0.1, 0.15) is 0 Å². The minimum Gasteiger partial charge on any atom is -0.305 e. The molecule has 1 nitrogen and oxygen atoms in total. The second-order valence-corrected chi connectivity index (χ2v) is 6.16. The molecule has 33 heavy (non-hydrogen) atoms. The highest BCUT2D eigenvalue weighted by atomic mass is 19.4. The van der Waals surface area contributed by atoms with E-state index in [0.717, 1.165) is 0 Å². The highest BCUT2D eigenvalue weighted by Crippen LogP contribution is 2.58. The van der Waals surface area contributed by atoms with Crippen molar-refractivity contribution in [2.24, 2.45) is 0 Å². The summed E-state index contributed by atoms with van der Waals surface area (Å²) < 4.78 is 255. The predicted molar refractivity (Wildman–Crippen MR) is 64.5 cm³/mol. The van der Waals surface area contributed by atoms with Crippen molar-refractivity contribution in [1.29, 1.82) is 0 Å². The van der Waals surface area contributed by atoms with Gasteiger partial charge in [-0.15, -0.1) is 0 Å². The van der Waals surface area contributed by atoms with Crippen LogP contribution in [0.4, 0.5) is 87.8 Å². The summed E-state index contributed by atoms with van der Waals surface area (Å²) in [6, 6.07) is 0. The molecule has 0 atom stereocenters. The molecule has 1 N–H and O–H groups in total. The van der Waals surface area contributed by atoms with E-state index < -0.39 is 73.3 Å². The maximum absolute atomic E-state index is 13.3. The fourth-order valence-electron chi connectivity index (χ4n) is 1.75. The zero-order valence-corrected chi connectivity index (χ0v) is 14.6. The molecule has 0 aromatic heterocycles. The van der Waals surface area contributed by atoms with Gasteiger partial charge in [-0.05, 0) is 0 Å². The normalized spacial score (nSPS) is 16.2. The van der Waals surface area contributed by atoms with Crippen molar-refractivity contribution in [2.75, 3.05) is 13.1 Å². The molecule has 0 rings (SSSR count). The van der Waals surface area contributed by atoms with Crippen molar-refractivity contribution in [2.45, 2.75) is 60.2 Å². The molecule has 0 bridgehead atoms. The molecule has 0 radical (unpaired) electrons. The summed E-state index contributed by atoms with van der Waals surface area (Å²) in [5, 5.41) is 0.0221. The monoisotopic (exact) mass is 545 g/mol. The predicted octanol–water partition coefficient (Wildman–Crippen LogP) is 6.19. The zero-order valence-electron chi connectivity index (χ0n) is 14.6. The largest absolute Gasteiger partial charge is 0.384 e. The molecule has 0 amide bonds. The highest BCUT2D eigenvalue weighted by Gasteiger charge is 2.87. The van der Waals surface area contributed by atoms with E-state index >= 15 is 0 Å². The Morgan fingerprint density at radius 1 is 0.394 bits per heavy atom. The molecular weight excluding hydrogens is 538 g/mol. The molecule has 0 spiro atoms. The van der Waals surface area contributed by atoms with Crippen molar-refractivity contribution in [3.8, 4) is 0 Å². The van der Waals surface area contributed by atoms with Gasteiger partial charge < -0.3 is 5.32 Å². The van der Waals surface area contributed by atoms with Gasteiger partial charge in [0.1, 0.15) is 0 Å². The van der Waals surface area contributed by atoms with Crippen LogP contribution in [-0.4, -0.2) is 73.3 Å². The number of hydrogen-bond acceptors (Lipinski definition) is 1. The van der Waals surface area contributed by atoms with Crippen molar-refractivity contribution in [3.05, 3.63) is 0 Å². The summed E-state index contributed by atoms with van der Waals surface area (Å²) in [6.45, 7) is -6.92. The number of rotatable bonds is 12. The van der Waals surface area contributed by atoms with Crippen molar-refractivity contribution < 1.29 is 87.8 Å². The van der Waals surface area contributed by atoms with Gasteiger partial charge in [0.25, 0.3) is 0 Å². The first kappa shape index (κ1) is 31.6. The Kier molecular flexibility index (Phi) is 8.27. The van der Waals surface area contributed by atoms with Gasteiger partial charge in [0.05, 0.1) is 13.1 Å². The fourth-order valence-corrected chi connectivity index (χ4v) is 1.75. The van der Waals surface area contributed by atoms with E-state index in [4.69, 9.17) is 0 Å². The molecule has 0 aromatic rings. The first-order chi connectivity index (χ1) is 14.1. The number of hydrogen-bond donors (Lipinski definition) is 1. The van der Waals surface area contributed by atoms with Crippen LogP contribution in [-0.2, 0) is 0 Å². The van der Waals surface area contributed by atoms with E-state index in [1.165, 1.54) is 0 Å². The summed E-state index contributed by atoms with van der Waals surface area (Å²) >= 11 is 0. The third-order valence-corrected chi connectivity index (χ3v) is 3.79. The highest BCUT2D eigenvalue weighted by molar-refractivity contribution is 5.09. The van der Waals surface area contributed by atoms with Crippen LogP contribution in [0.15, 0.2) is 0 Å². The average Bonchev–Trinajstić information content (AvgIpc) is 2.59. The molecule has 0 saturated carbocycles. The quantitative estimate of drug-likeness (QED) is 0.289. The molecule has 0 fully saturated rings. The van der Waals surface area contributed by atoms with Gasteiger partial charge in [-0.25, -0.2) is 17.6 Å². The maximum atomic E-state index is 13.3. The van der Waals surface area contributed by atoms with E-state index in [-0.39, 0.29) is 5.32 Å². The van der Waals surface area contributed by atoms with Gasteiger partial charge in [-0.2, -0.15) is 70.2 Å². The summed E-state index contributed by atoms with van der Waals surface area (Å²) in [5.74, 6) is -58.5. The second-order valence-electron chi connectivity index (χ2n) is 6.16. The lowest BCUT2D eigenvalue weighted by Gasteiger charge is -2.39. The van der Waals surface area contributed by atoms with E-state index in [1.807, 2.05) is 0 Å². The summed E-state index contributed by atoms with van der Waals surface area (Å²) in [4.78, 5) is 0. The smallest absolute Gasteiger partial charge is 0.305 e. The SMILES string of the molecule is FC(F)C(F)(F)C(F)(F)C(F)(F)CNCC(F)(F)C(F)(F)C(F)(F)C(F)(F)C(F)(F)C(F)F. The molecule has 200 valence electrons. The topological polar surface area (TPSA) is 12.0 Å². The van der Waals surface area contributed by atoms with E-state index in [2.05, 4.69) is 0 Å². The Labute approximate surface area is 168 Å². The van der Waals surface area contributed by atoms with Crippen LogP contribution < -0.4 is 5.32 Å². The Morgan fingerprint density at radius 2 is 0.667 bits per heavy atom. The van der Waals surface area contributed by atoms with E-state index in [1.54, 1.807) is 0 Å². The van der Waals surface area contributed by atoms with Crippen LogP contribution in [0.25, 0.3) is 0 Å². The van der Waals surface area contributed by atoms with Crippen molar-refractivity contribution in [3.63, 3.8) is 0 Å². The number of nitrogens with one attached hydrogen (secondary N) is 1. The Morgan fingerprint density at radius 3 is 0.970 bits per heavy atom. The van der Waals surface area contributed by atoms with Crippen LogP contribution in [0.2, 0.25) is 0 Å². The van der Waals surface area contributed by atoms with Gasteiger partial charge in [-0.3, -0.25) is 0 Å². The molecule has 21 heteroatoms. The van der Waals surface area contributed by atoms with Gasteiger partial charge in [0, 0.05) is 0 Å².